The van der Waals surface area contributed by atoms with E-state index >= 15 is 0 Å². The van der Waals surface area contributed by atoms with Crippen molar-refractivity contribution in [3.8, 4) is 0 Å². The van der Waals surface area contributed by atoms with Gasteiger partial charge in [0.05, 0.1) is 6.10 Å². The van der Waals surface area contributed by atoms with E-state index in [1.807, 2.05) is 0 Å². The van der Waals surface area contributed by atoms with Crippen molar-refractivity contribution in [3.63, 3.8) is 0 Å². The molecule has 0 radical (unpaired) electrons. The zero-order chi connectivity index (χ0) is 12.1. The van der Waals surface area contributed by atoms with Crippen LogP contribution in [0.1, 0.15) is 43.8 Å². The van der Waals surface area contributed by atoms with E-state index in [-0.39, 0.29) is 5.82 Å². The number of aliphatic hydroxyl groups is 1. The van der Waals surface area contributed by atoms with Crippen molar-refractivity contribution >= 4 is 0 Å². The minimum absolute atomic E-state index is 0.311. The fourth-order valence-electron chi connectivity index (χ4n) is 2.44. The van der Waals surface area contributed by atoms with Crippen molar-refractivity contribution in [1.29, 1.82) is 0 Å². The van der Waals surface area contributed by atoms with E-state index in [9.17, 15) is 9.50 Å². The number of halogens is 1. The summed E-state index contributed by atoms with van der Waals surface area (Å²) in [5.74, 6) is -0.311. The van der Waals surface area contributed by atoms with Gasteiger partial charge < -0.3 is 10.4 Å². The number of hydrogen-bond donors (Lipinski definition) is 2. The SMILES string of the molecule is OC(CC1CCCCCN1)c1ccccc1F. The number of aliphatic hydroxyl groups excluding tert-OH is 1. The van der Waals surface area contributed by atoms with Crippen LogP contribution >= 0.6 is 0 Å². The van der Waals surface area contributed by atoms with Crippen molar-refractivity contribution < 1.29 is 9.50 Å². The molecule has 94 valence electrons. The first-order valence-corrected chi connectivity index (χ1v) is 6.43. The van der Waals surface area contributed by atoms with Gasteiger partial charge in [0.1, 0.15) is 5.82 Å². The third kappa shape index (κ3) is 3.51. The van der Waals surface area contributed by atoms with Crippen LogP contribution in [0.3, 0.4) is 0 Å². The van der Waals surface area contributed by atoms with Crippen molar-refractivity contribution in [2.45, 2.75) is 44.2 Å². The normalized spacial score (nSPS) is 23.1. The quantitative estimate of drug-likeness (QED) is 0.847. The van der Waals surface area contributed by atoms with Gasteiger partial charge in [0.25, 0.3) is 0 Å². The maximum Gasteiger partial charge on any atom is 0.128 e. The maximum absolute atomic E-state index is 13.5. The molecular formula is C14H20FNO. The van der Waals surface area contributed by atoms with Gasteiger partial charge >= 0.3 is 0 Å². The number of rotatable bonds is 3. The second-order valence-electron chi connectivity index (χ2n) is 4.77. The second-order valence-corrected chi connectivity index (χ2v) is 4.77. The van der Waals surface area contributed by atoms with Crippen LogP contribution in [-0.4, -0.2) is 17.7 Å². The van der Waals surface area contributed by atoms with Crippen LogP contribution in [0.2, 0.25) is 0 Å². The highest BCUT2D eigenvalue weighted by molar-refractivity contribution is 5.19. The summed E-state index contributed by atoms with van der Waals surface area (Å²) in [6, 6.07) is 6.79. The number of nitrogens with one attached hydrogen (secondary N) is 1. The van der Waals surface area contributed by atoms with Crippen LogP contribution in [0.5, 0.6) is 0 Å². The molecule has 1 heterocycles. The van der Waals surface area contributed by atoms with E-state index in [0.717, 1.165) is 13.0 Å². The molecule has 2 unspecified atom stereocenters. The average Bonchev–Trinajstić information content (AvgIpc) is 2.58. The highest BCUT2D eigenvalue weighted by Crippen LogP contribution is 2.23. The summed E-state index contributed by atoms with van der Waals surface area (Å²) >= 11 is 0. The Labute approximate surface area is 102 Å². The minimum Gasteiger partial charge on any atom is -0.388 e. The fourth-order valence-corrected chi connectivity index (χ4v) is 2.44. The van der Waals surface area contributed by atoms with Crippen molar-refractivity contribution in [2.24, 2.45) is 0 Å². The Morgan fingerprint density at radius 3 is 2.94 bits per heavy atom. The Balaban J connectivity index is 1.96. The zero-order valence-electron chi connectivity index (χ0n) is 10.0. The zero-order valence-corrected chi connectivity index (χ0v) is 10.0. The summed E-state index contributed by atoms with van der Waals surface area (Å²) in [6.45, 7) is 1.01. The standard InChI is InChI=1S/C14H20FNO/c15-13-8-4-3-7-12(13)14(17)10-11-6-2-1-5-9-16-11/h3-4,7-8,11,14,16-17H,1-2,5-6,9-10H2. The summed E-state index contributed by atoms with van der Waals surface area (Å²) in [4.78, 5) is 0. The lowest BCUT2D eigenvalue weighted by atomic mass is 9.99. The molecule has 0 amide bonds. The molecule has 17 heavy (non-hydrogen) atoms. The summed E-state index contributed by atoms with van der Waals surface area (Å²) in [7, 11) is 0. The Morgan fingerprint density at radius 2 is 2.12 bits per heavy atom. The smallest absolute Gasteiger partial charge is 0.128 e. The van der Waals surface area contributed by atoms with Crippen LogP contribution in [-0.2, 0) is 0 Å². The van der Waals surface area contributed by atoms with Gasteiger partial charge in [-0.2, -0.15) is 0 Å². The van der Waals surface area contributed by atoms with Crippen LogP contribution in [0.4, 0.5) is 4.39 Å². The molecule has 3 heteroatoms. The van der Waals surface area contributed by atoms with E-state index in [1.165, 1.54) is 25.3 Å². The topological polar surface area (TPSA) is 32.3 Å². The van der Waals surface area contributed by atoms with Gasteiger partial charge in [-0.05, 0) is 31.9 Å². The molecule has 1 fully saturated rings. The van der Waals surface area contributed by atoms with Crippen LogP contribution < -0.4 is 5.32 Å². The van der Waals surface area contributed by atoms with Gasteiger partial charge in [-0.3, -0.25) is 0 Å². The van der Waals surface area contributed by atoms with Crippen LogP contribution in [0.25, 0.3) is 0 Å². The van der Waals surface area contributed by atoms with Gasteiger partial charge in [0, 0.05) is 11.6 Å². The lowest BCUT2D eigenvalue weighted by molar-refractivity contribution is 0.146. The number of benzene rings is 1. The Morgan fingerprint density at radius 1 is 1.29 bits per heavy atom. The molecule has 1 aromatic rings. The molecule has 0 bridgehead atoms. The molecule has 0 aliphatic carbocycles. The summed E-state index contributed by atoms with van der Waals surface area (Å²) in [5.41, 5.74) is 0.415. The Kier molecular flexibility index (Phi) is 4.51. The molecule has 1 aliphatic rings. The van der Waals surface area contributed by atoms with Gasteiger partial charge in [0.2, 0.25) is 0 Å². The molecule has 1 saturated heterocycles. The first kappa shape index (κ1) is 12.5. The van der Waals surface area contributed by atoms with Gasteiger partial charge in [-0.1, -0.05) is 31.0 Å². The highest BCUT2D eigenvalue weighted by atomic mass is 19.1. The lowest BCUT2D eigenvalue weighted by Crippen LogP contribution is -2.30. The largest absolute Gasteiger partial charge is 0.388 e. The molecular weight excluding hydrogens is 217 g/mol. The van der Waals surface area contributed by atoms with E-state index in [2.05, 4.69) is 5.32 Å². The molecule has 2 nitrogen and oxygen atoms in total. The third-order valence-electron chi connectivity index (χ3n) is 3.43. The predicted molar refractivity (Wildman–Crippen MR) is 66.2 cm³/mol. The average molecular weight is 237 g/mol. The monoisotopic (exact) mass is 237 g/mol. The fraction of sp³-hybridized carbons (Fsp3) is 0.571. The summed E-state index contributed by atoms with van der Waals surface area (Å²) < 4.78 is 13.5. The Bertz CT molecular complexity index is 348. The predicted octanol–water partition coefficient (Wildman–Crippen LogP) is 2.78. The van der Waals surface area contributed by atoms with Gasteiger partial charge in [0.15, 0.2) is 0 Å². The Hall–Kier alpha value is -0.930. The lowest BCUT2D eigenvalue weighted by Gasteiger charge is -2.20. The van der Waals surface area contributed by atoms with Gasteiger partial charge in [-0.25, -0.2) is 4.39 Å². The molecule has 1 aliphatic heterocycles. The molecule has 2 atom stereocenters. The summed E-state index contributed by atoms with van der Waals surface area (Å²) in [5, 5.41) is 13.5. The maximum atomic E-state index is 13.5. The molecule has 0 spiro atoms. The highest BCUT2D eigenvalue weighted by Gasteiger charge is 2.19. The van der Waals surface area contributed by atoms with Crippen LogP contribution in [0, 0.1) is 5.82 Å². The van der Waals surface area contributed by atoms with E-state index in [1.54, 1.807) is 18.2 Å². The third-order valence-corrected chi connectivity index (χ3v) is 3.43. The molecule has 2 rings (SSSR count). The molecule has 2 N–H and O–H groups in total. The molecule has 0 saturated carbocycles. The summed E-state index contributed by atoms with van der Waals surface area (Å²) in [6.07, 6.45) is 4.62. The van der Waals surface area contributed by atoms with Crippen molar-refractivity contribution in [3.05, 3.63) is 35.6 Å². The van der Waals surface area contributed by atoms with Crippen LogP contribution in [0.15, 0.2) is 24.3 Å². The van der Waals surface area contributed by atoms with Crippen molar-refractivity contribution in [1.82, 2.24) is 5.32 Å². The molecule has 0 aromatic heterocycles. The minimum atomic E-state index is -0.702. The number of hydrogen-bond acceptors (Lipinski definition) is 2. The molecule has 1 aromatic carbocycles. The first-order valence-electron chi connectivity index (χ1n) is 6.43. The van der Waals surface area contributed by atoms with Gasteiger partial charge in [-0.15, -0.1) is 0 Å². The van der Waals surface area contributed by atoms with Crippen molar-refractivity contribution in [2.75, 3.05) is 6.54 Å². The van der Waals surface area contributed by atoms with E-state index in [4.69, 9.17) is 0 Å². The second kappa shape index (κ2) is 6.12. The van der Waals surface area contributed by atoms with E-state index in [0.29, 0.717) is 18.0 Å². The first-order chi connectivity index (χ1) is 8.27. The van der Waals surface area contributed by atoms with E-state index < -0.39 is 6.10 Å².